The van der Waals surface area contributed by atoms with Crippen molar-refractivity contribution < 1.29 is 0 Å². The van der Waals surface area contributed by atoms with Crippen LogP contribution in [0.4, 0.5) is 5.82 Å². The predicted molar refractivity (Wildman–Crippen MR) is 81.1 cm³/mol. The van der Waals surface area contributed by atoms with E-state index in [4.69, 9.17) is 5.73 Å². The van der Waals surface area contributed by atoms with Gasteiger partial charge in [-0.3, -0.25) is 4.79 Å². The van der Waals surface area contributed by atoms with Crippen LogP contribution >= 0.6 is 11.3 Å². The second kappa shape index (κ2) is 4.72. The Labute approximate surface area is 119 Å². The zero-order valence-corrected chi connectivity index (χ0v) is 12.1. The fourth-order valence-corrected chi connectivity index (χ4v) is 3.17. The SMILES string of the molecule is Cc1sc2nc(Cn3ccc(=O)cc3)nc(N)c2c1C. The van der Waals surface area contributed by atoms with Crippen LogP contribution in [-0.4, -0.2) is 14.5 Å². The van der Waals surface area contributed by atoms with Gasteiger partial charge >= 0.3 is 0 Å². The van der Waals surface area contributed by atoms with Crippen LogP contribution in [0, 0.1) is 13.8 Å². The van der Waals surface area contributed by atoms with Gasteiger partial charge in [0.25, 0.3) is 0 Å². The number of aromatic nitrogens is 3. The van der Waals surface area contributed by atoms with Crippen LogP contribution in [0.3, 0.4) is 0 Å². The van der Waals surface area contributed by atoms with Gasteiger partial charge in [0.05, 0.1) is 11.9 Å². The molecule has 20 heavy (non-hydrogen) atoms. The number of hydrogen-bond donors (Lipinski definition) is 1. The number of rotatable bonds is 2. The van der Waals surface area contributed by atoms with Gasteiger partial charge < -0.3 is 10.3 Å². The number of pyridine rings is 1. The van der Waals surface area contributed by atoms with Crippen LogP contribution in [0.2, 0.25) is 0 Å². The summed E-state index contributed by atoms with van der Waals surface area (Å²) in [6, 6.07) is 3.03. The molecule has 3 rings (SSSR count). The smallest absolute Gasteiger partial charge is 0.181 e. The Balaban J connectivity index is 2.04. The maximum Gasteiger partial charge on any atom is 0.181 e. The van der Waals surface area contributed by atoms with E-state index in [-0.39, 0.29) is 5.43 Å². The predicted octanol–water partition coefficient (Wildman–Crippen LogP) is 2.10. The van der Waals surface area contributed by atoms with E-state index in [0.29, 0.717) is 18.2 Å². The van der Waals surface area contributed by atoms with E-state index in [2.05, 4.69) is 16.9 Å². The van der Waals surface area contributed by atoms with Gasteiger partial charge in [0.15, 0.2) is 11.3 Å². The zero-order valence-electron chi connectivity index (χ0n) is 11.3. The van der Waals surface area contributed by atoms with E-state index >= 15 is 0 Å². The molecule has 0 aliphatic carbocycles. The largest absolute Gasteiger partial charge is 0.383 e. The lowest BCUT2D eigenvalue weighted by Crippen LogP contribution is -2.08. The molecular formula is C14H14N4OS. The molecule has 0 fully saturated rings. The van der Waals surface area contributed by atoms with Gasteiger partial charge in [0, 0.05) is 29.4 Å². The number of thiophene rings is 1. The molecule has 6 heteroatoms. The van der Waals surface area contributed by atoms with Crippen LogP contribution < -0.4 is 11.2 Å². The van der Waals surface area contributed by atoms with E-state index in [1.54, 1.807) is 23.7 Å². The summed E-state index contributed by atoms with van der Waals surface area (Å²) in [5.74, 6) is 1.17. The van der Waals surface area contributed by atoms with E-state index in [1.165, 1.54) is 17.0 Å². The average molecular weight is 286 g/mol. The van der Waals surface area contributed by atoms with Crippen molar-refractivity contribution in [2.45, 2.75) is 20.4 Å². The molecule has 0 saturated heterocycles. The van der Waals surface area contributed by atoms with Crippen LogP contribution in [0.1, 0.15) is 16.3 Å². The van der Waals surface area contributed by atoms with E-state index in [0.717, 1.165) is 15.8 Å². The first-order valence-corrected chi connectivity index (χ1v) is 7.04. The van der Waals surface area contributed by atoms with Gasteiger partial charge in [0.2, 0.25) is 0 Å². The summed E-state index contributed by atoms with van der Waals surface area (Å²) in [7, 11) is 0. The summed E-state index contributed by atoms with van der Waals surface area (Å²) < 4.78 is 1.86. The molecule has 0 unspecified atom stereocenters. The minimum atomic E-state index is -0.0124. The standard InChI is InChI=1S/C14H14N4OS/c1-8-9(2)20-14-12(8)13(15)16-11(17-14)7-18-5-3-10(19)4-6-18/h3-6H,7H2,1-2H3,(H2,15,16,17). The van der Waals surface area contributed by atoms with Gasteiger partial charge in [0.1, 0.15) is 10.6 Å². The second-order valence-corrected chi connectivity index (χ2v) is 5.90. The Morgan fingerprint density at radius 3 is 2.65 bits per heavy atom. The minimum Gasteiger partial charge on any atom is -0.383 e. The second-order valence-electron chi connectivity index (χ2n) is 4.69. The quantitative estimate of drug-likeness (QED) is 0.783. The molecule has 5 nitrogen and oxygen atoms in total. The van der Waals surface area contributed by atoms with Crippen molar-refractivity contribution in [1.29, 1.82) is 0 Å². The number of fused-ring (bicyclic) bond motifs is 1. The summed E-state index contributed by atoms with van der Waals surface area (Å²) >= 11 is 1.63. The molecule has 0 atom stereocenters. The minimum absolute atomic E-state index is 0.0124. The Morgan fingerprint density at radius 2 is 1.95 bits per heavy atom. The van der Waals surface area contributed by atoms with Crippen molar-refractivity contribution in [3.63, 3.8) is 0 Å². The molecular weight excluding hydrogens is 272 g/mol. The molecule has 3 heterocycles. The molecule has 0 radical (unpaired) electrons. The van der Waals surface area contributed by atoms with Gasteiger partial charge in [-0.25, -0.2) is 9.97 Å². The molecule has 0 aliphatic rings. The third-order valence-electron chi connectivity index (χ3n) is 3.29. The molecule has 3 aromatic heterocycles. The van der Waals surface area contributed by atoms with Crippen molar-refractivity contribution in [3.05, 3.63) is 51.0 Å². The van der Waals surface area contributed by atoms with Crippen LogP contribution in [0.15, 0.2) is 29.3 Å². The van der Waals surface area contributed by atoms with Crippen LogP contribution in [0.5, 0.6) is 0 Å². The molecule has 0 aliphatic heterocycles. The van der Waals surface area contributed by atoms with Crippen LogP contribution in [0.25, 0.3) is 10.2 Å². The number of nitrogen functional groups attached to an aromatic ring is 1. The average Bonchev–Trinajstić information content (AvgIpc) is 2.68. The van der Waals surface area contributed by atoms with Crippen molar-refractivity contribution in [3.8, 4) is 0 Å². The topological polar surface area (TPSA) is 73.8 Å². The summed E-state index contributed by atoms with van der Waals surface area (Å²) in [5.41, 5.74) is 7.18. The lowest BCUT2D eigenvalue weighted by Gasteiger charge is -2.06. The fourth-order valence-electron chi connectivity index (χ4n) is 2.11. The highest BCUT2D eigenvalue weighted by atomic mass is 32.1. The Bertz CT molecular complexity index is 830. The maximum atomic E-state index is 11.1. The van der Waals surface area contributed by atoms with Crippen molar-refractivity contribution >= 4 is 27.4 Å². The number of hydrogen-bond acceptors (Lipinski definition) is 5. The van der Waals surface area contributed by atoms with E-state index < -0.39 is 0 Å². The highest BCUT2D eigenvalue weighted by Crippen LogP contribution is 2.31. The van der Waals surface area contributed by atoms with Crippen molar-refractivity contribution in [2.24, 2.45) is 0 Å². The lowest BCUT2D eigenvalue weighted by atomic mass is 10.2. The number of nitrogens with zero attached hydrogens (tertiary/aromatic N) is 3. The zero-order chi connectivity index (χ0) is 14.3. The summed E-state index contributed by atoms with van der Waals surface area (Å²) in [4.78, 5) is 22.1. The molecule has 0 aromatic carbocycles. The first-order valence-electron chi connectivity index (χ1n) is 6.23. The normalized spacial score (nSPS) is 11.1. The molecule has 3 aromatic rings. The number of aryl methyl sites for hydroxylation is 2. The van der Waals surface area contributed by atoms with Gasteiger partial charge in [-0.2, -0.15) is 0 Å². The summed E-state index contributed by atoms with van der Waals surface area (Å²) in [5, 5.41) is 0.955. The van der Waals surface area contributed by atoms with Crippen LogP contribution in [-0.2, 0) is 6.54 Å². The Kier molecular flexibility index (Phi) is 3.02. The van der Waals surface area contributed by atoms with Crippen molar-refractivity contribution in [2.75, 3.05) is 5.73 Å². The highest BCUT2D eigenvalue weighted by Gasteiger charge is 2.12. The molecule has 0 amide bonds. The number of anilines is 1. The lowest BCUT2D eigenvalue weighted by molar-refractivity contribution is 0.744. The monoisotopic (exact) mass is 286 g/mol. The first kappa shape index (κ1) is 12.8. The molecule has 2 N–H and O–H groups in total. The molecule has 0 bridgehead atoms. The first-order chi connectivity index (χ1) is 9.54. The Morgan fingerprint density at radius 1 is 1.25 bits per heavy atom. The molecule has 0 saturated carbocycles. The van der Waals surface area contributed by atoms with E-state index in [1.807, 2.05) is 11.5 Å². The van der Waals surface area contributed by atoms with Gasteiger partial charge in [-0.1, -0.05) is 0 Å². The molecule has 0 spiro atoms. The Hall–Kier alpha value is -2.21. The number of nitrogens with two attached hydrogens (primary N) is 1. The molecule has 102 valence electrons. The third kappa shape index (κ3) is 2.18. The fraction of sp³-hybridized carbons (Fsp3) is 0.214. The highest BCUT2D eigenvalue weighted by molar-refractivity contribution is 7.18. The third-order valence-corrected chi connectivity index (χ3v) is 4.39. The van der Waals surface area contributed by atoms with Gasteiger partial charge in [-0.05, 0) is 19.4 Å². The van der Waals surface area contributed by atoms with Crippen molar-refractivity contribution in [1.82, 2.24) is 14.5 Å². The summed E-state index contributed by atoms with van der Waals surface area (Å²) in [6.45, 7) is 4.59. The maximum absolute atomic E-state index is 11.1. The van der Waals surface area contributed by atoms with E-state index in [9.17, 15) is 4.79 Å². The van der Waals surface area contributed by atoms with Gasteiger partial charge in [-0.15, -0.1) is 11.3 Å². The summed E-state index contributed by atoms with van der Waals surface area (Å²) in [6.07, 6.45) is 3.44.